The fourth-order valence-electron chi connectivity index (χ4n) is 0.793. The molecule has 1 N–H and O–H groups in total. The normalized spacial score (nSPS) is 9.38. The first-order chi connectivity index (χ1) is 6.02. The van der Waals surface area contributed by atoms with Crippen molar-refractivity contribution in [1.29, 1.82) is 0 Å². The minimum Gasteiger partial charge on any atom is -0.356 e. The molecule has 0 aliphatic heterocycles. The van der Waals surface area contributed by atoms with Crippen LogP contribution in [0.2, 0.25) is 0 Å². The van der Waals surface area contributed by atoms with Crippen LogP contribution in [0, 0.1) is 0 Å². The molecule has 0 radical (unpaired) electrons. The van der Waals surface area contributed by atoms with Crippen LogP contribution in [0.1, 0.15) is 33.1 Å². The van der Waals surface area contributed by atoms with Crippen LogP contribution in [-0.4, -0.2) is 18.2 Å². The summed E-state index contributed by atoms with van der Waals surface area (Å²) in [5.74, 6) is -0.00787. The summed E-state index contributed by atoms with van der Waals surface area (Å²) in [4.78, 5) is 21.6. The highest BCUT2D eigenvalue weighted by Crippen LogP contribution is 1.94. The lowest BCUT2D eigenvalue weighted by molar-refractivity contribution is -0.124. The Labute approximate surface area is 79.2 Å². The lowest BCUT2D eigenvalue weighted by atomic mass is 10.2. The quantitative estimate of drug-likeness (QED) is 0.633. The van der Waals surface area contributed by atoms with E-state index in [1.165, 1.54) is 6.92 Å². The van der Waals surface area contributed by atoms with Gasteiger partial charge in [0.25, 0.3) is 0 Å². The van der Waals surface area contributed by atoms with Crippen molar-refractivity contribution in [2.24, 2.45) is 0 Å². The summed E-state index contributed by atoms with van der Waals surface area (Å²) in [5.41, 5.74) is 1.05. The predicted molar refractivity (Wildman–Crippen MR) is 52.4 cm³/mol. The Bertz CT molecular complexity index is 209. The van der Waals surface area contributed by atoms with Gasteiger partial charge in [-0.05, 0) is 20.3 Å². The van der Waals surface area contributed by atoms with Gasteiger partial charge in [0, 0.05) is 19.4 Å². The third-order valence-corrected chi connectivity index (χ3v) is 1.58. The number of rotatable bonds is 6. The van der Waals surface area contributed by atoms with E-state index in [0.29, 0.717) is 19.4 Å². The highest BCUT2D eigenvalue weighted by atomic mass is 16.2. The van der Waals surface area contributed by atoms with Gasteiger partial charge in [-0.3, -0.25) is 4.79 Å². The van der Waals surface area contributed by atoms with Gasteiger partial charge in [0.2, 0.25) is 5.91 Å². The molecule has 1 amide bonds. The van der Waals surface area contributed by atoms with Crippen LogP contribution in [0.3, 0.4) is 0 Å². The Morgan fingerprint density at radius 2 is 1.77 bits per heavy atom. The van der Waals surface area contributed by atoms with E-state index in [9.17, 15) is 9.59 Å². The summed E-state index contributed by atoms with van der Waals surface area (Å²) in [7, 11) is 0. The Balaban J connectivity index is 3.41. The Kier molecular flexibility index (Phi) is 5.85. The van der Waals surface area contributed by atoms with E-state index in [1.807, 2.05) is 6.92 Å². The van der Waals surface area contributed by atoms with Crippen molar-refractivity contribution in [3.05, 3.63) is 12.2 Å². The molecule has 0 saturated heterocycles. The van der Waals surface area contributed by atoms with Crippen molar-refractivity contribution in [3.8, 4) is 0 Å². The number of Topliss-reactive ketones (excluding diaryl/α,β-unsaturated/α-hetero) is 1. The molecule has 0 aromatic carbocycles. The molecule has 3 nitrogen and oxygen atoms in total. The molecule has 0 heterocycles. The van der Waals surface area contributed by atoms with Crippen molar-refractivity contribution >= 4 is 11.7 Å². The Hall–Kier alpha value is -1.12. The third kappa shape index (κ3) is 8.79. The number of nitrogens with one attached hydrogen (secondary N) is 1. The molecule has 0 rings (SSSR count). The molecule has 0 fully saturated rings. The van der Waals surface area contributed by atoms with Crippen LogP contribution in [0.4, 0.5) is 0 Å². The van der Waals surface area contributed by atoms with Crippen LogP contribution in [0.15, 0.2) is 12.2 Å². The second-order valence-electron chi connectivity index (χ2n) is 3.26. The third-order valence-electron chi connectivity index (χ3n) is 1.58. The minimum atomic E-state index is -0.0588. The first kappa shape index (κ1) is 11.9. The predicted octanol–water partition coefficient (Wildman–Crippen LogP) is 1.44. The molecular formula is C10H17NO2. The summed E-state index contributed by atoms with van der Waals surface area (Å²) < 4.78 is 0. The highest BCUT2D eigenvalue weighted by molar-refractivity contribution is 5.83. The van der Waals surface area contributed by atoms with Crippen molar-refractivity contribution in [1.82, 2.24) is 5.32 Å². The molecule has 0 aliphatic carbocycles. The van der Waals surface area contributed by atoms with Crippen molar-refractivity contribution < 1.29 is 9.59 Å². The van der Waals surface area contributed by atoms with Crippen LogP contribution < -0.4 is 5.32 Å². The van der Waals surface area contributed by atoms with Gasteiger partial charge in [0.1, 0.15) is 5.78 Å². The number of ketones is 1. The van der Waals surface area contributed by atoms with Gasteiger partial charge in [-0.15, -0.1) is 6.58 Å². The summed E-state index contributed by atoms with van der Waals surface area (Å²) in [6, 6.07) is 0. The molecule has 0 unspecified atom stereocenters. The Morgan fingerprint density at radius 3 is 2.23 bits per heavy atom. The van der Waals surface area contributed by atoms with Crippen LogP contribution in [-0.2, 0) is 9.59 Å². The van der Waals surface area contributed by atoms with Gasteiger partial charge in [-0.25, -0.2) is 0 Å². The molecule has 0 aromatic rings. The van der Waals surface area contributed by atoms with E-state index in [4.69, 9.17) is 0 Å². The monoisotopic (exact) mass is 183 g/mol. The van der Waals surface area contributed by atoms with Crippen LogP contribution in [0.5, 0.6) is 0 Å². The van der Waals surface area contributed by atoms with Gasteiger partial charge < -0.3 is 10.1 Å². The lowest BCUT2D eigenvalue weighted by Gasteiger charge is -2.03. The fourth-order valence-corrected chi connectivity index (χ4v) is 0.793. The Morgan fingerprint density at radius 1 is 1.15 bits per heavy atom. The number of hydrogen-bond donors (Lipinski definition) is 1. The summed E-state index contributed by atoms with van der Waals surface area (Å²) >= 11 is 0. The SMILES string of the molecule is C=C(C)CCNC(=O)CCC(C)=O. The highest BCUT2D eigenvalue weighted by Gasteiger charge is 2.01. The second kappa shape index (κ2) is 6.40. The molecular weight excluding hydrogens is 166 g/mol. The molecule has 0 bridgehead atoms. The zero-order valence-corrected chi connectivity index (χ0v) is 8.35. The van der Waals surface area contributed by atoms with E-state index in [1.54, 1.807) is 0 Å². The first-order valence-electron chi connectivity index (χ1n) is 4.43. The van der Waals surface area contributed by atoms with Gasteiger partial charge in [0.15, 0.2) is 0 Å². The zero-order chi connectivity index (χ0) is 10.3. The summed E-state index contributed by atoms with van der Waals surface area (Å²) in [6.07, 6.45) is 1.43. The van der Waals surface area contributed by atoms with Gasteiger partial charge >= 0.3 is 0 Å². The maximum Gasteiger partial charge on any atom is 0.220 e. The summed E-state index contributed by atoms with van der Waals surface area (Å²) in [6.45, 7) is 7.74. The molecule has 0 aromatic heterocycles. The van der Waals surface area contributed by atoms with Crippen LogP contribution >= 0.6 is 0 Å². The van der Waals surface area contributed by atoms with Gasteiger partial charge in [0.05, 0.1) is 0 Å². The van der Waals surface area contributed by atoms with Crippen molar-refractivity contribution in [2.75, 3.05) is 6.54 Å². The number of amides is 1. The molecule has 74 valence electrons. The number of carbonyl (C=O) groups is 2. The molecule has 0 aliphatic rings. The van der Waals surface area contributed by atoms with Crippen molar-refractivity contribution in [2.45, 2.75) is 33.1 Å². The van der Waals surface area contributed by atoms with E-state index in [0.717, 1.165) is 12.0 Å². The smallest absolute Gasteiger partial charge is 0.220 e. The average molecular weight is 183 g/mol. The molecule has 0 spiro atoms. The van der Waals surface area contributed by atoms with Gasteiger partial charge in [-0.2, -0.15) is 0 Å². The van der Waals surface area contributed by atoms with E-state index >= 15 is 0 Å². The minimum absolute atomic E-state index is 0.0510. The second-order valence-corrected chi connectivity index (χ2v) is 3.26. The number of hydrogen-bond acceptors (Lipinski definition) is 2. The maximum absolute atomic E-state index is 11.0. The largest absolute Gasteiger partial charge is 0.356 e. The zero-order valence-electron chi connectivity index (χ0n) is 8.35. The van der Waals surface area contributed by atoms with E-state index in [-0.39, 0.29) is 11.7 Å². The summed E-state index contributed by atoms with van der Waals surface area (Å²) in [5, 5.41) is 2.72. The van der Waals surface area contributed by atoms with E-state index < -0.39 is 0 Å². The standard InChI is InChI=1S/C10H17NO2/c1-8(2)6-7-11-10(13)5-4-9(3)12/h1,4-7H2,2-3H3,(H,11,13). The molecule has 13 heavy (non-hydrogen) atoms. The van der Waals surface area contributed by atoms with E-state index in [2.05, 4.69) is 11.9 Å². The average Bonchev–Trinajstić information content (AvgIpc) is 2.00. The molecule has 0 atom stereocenters. The first-order valence-corrected chi connectivity index (χ1v) is 4.43. The van der Waals surface area contributed by atoms with Crippen molar-refractivity contribution in [3.63, 3.8) is 0 Å². The molecule has 0 saturated carbocycles. The fraction of sp³-hybridized carbons (Fsp3) is 0.600. The van der Waals surface area contributed by atoms with Crippen LogP contribution in [0.25, 0.3) is 0 Å². The van der Waals surface area contributed by atoms with Gasteiger partial charge in [-0.1, -0.05) is 5.57 Å². The molecule has 3 heteroatoms. The maximum atomic E-state index is 11.0. The number of carbonyl (C=O) groups excluding carboxylic acids is 2. The lowest BCUT2D eigenvalue weighted by Crippen LogP contribution is -2.24. The topological polar surface area (TPSA) is 46.2 Å².